The fraction of sp³-hybridized carbons (Fsp3) is 0.333. The third kappa shape index (κ3) is 3.07. The summed E-state index contributed by atoms with van der Waals surface area (Å²) in [5, 5.41) is 3.68. The van der Waals surface area contributed by atoms with Crippen molar-refractivity contribution in [2.45, 2.75) is 27.2 Å². The molecule has 0 aliphatic heterocycles. The highest BCUT2D eigenvalue weighted by Gasteiger charge is 2.14. The Morgan fingerprint density at radius 1 is 1.20 bits per heavy atom. The van der Waals surface area contributed by atoms with E-state index in [9.17, 15) is 4.39 Å². The number of halogens is 2. The number of benzene rings is 1. The van der Waals surface area contributed by atoms with Crippen molar-refractivity contribution >= 4 is 17.4 Å². The molecule has 0 fully saturated rings. The van der Waals surface area contributed by atoms with Gasteiger partial charge in [0.05, 0.1) is 16.4 Å². The van der Waals surface area contributed by atoms with Crippen molar-refractivity contribution in [2.75, 3.05) is 11.9 Å². The Morgan fingerprint density at radius 2 is 1.90 bits per heavy atom. The highest BCUT2D eigenvalue weighted by molar-refractivity contribution is 6.33. The van der Waals surface area contributed by atoms with Gasteiger partial charge in [-0.05, 0) is 38.5 Å². The zero-order chi connectivity index (χ0) is 14.7. The van der Waals surface area contributed by atoms with Gasteiger partial charge in [0.2, 0.25) is 0 Å². The first-order chi connectivity index (χ1) is 9.52. The van der Waals surface area contributed by atoms with Crippen LogP contribution in [0.3, 0.4) is 0 Å². The zero-order valence-corrected chi connectivity index (χ0v) is 12.6. The lowest BCUT2D eigenvalue weighted by Gasteiger charge is -2.13. The highest BCUT2D eigenvalue weighted by atomic mass is 35.5. The average molecular weight is 294 g/mol. The molecule has 2 aromatic rings. The standard InChI is InChI=1S/C15H17ClFN3/c1-4-7-18-15-14(19-9(2)10(3)20-15)12-8-11(17)5-6-13(12)16/h5-6,8H,4,7H2,1-3H3,(H,18,20). The predicted octanol–water partition coefficient (Wildman–Crippen LogP) is 4.37. The number of anilines is 1. The van der Waals surface area contributed by atoms with Gasteiger partial charge in [0.15, 0.2) is 5.82 Å². The van der Waals surface area contributed by atoms with E-state index in [4.69, 9.17) is 11.6 Å². The van der Waals surface area contributed by atoms with Crippen molar-refractivity contribution in [1.29, 1.82) is 0 Å². The van der Waals surface area contributed by atoms with E-state index in [2.05, 4.69) is 22.2 Å². The average Bonchev–Trinajstić information content (AvgIpc) is 2.42. The molecule has 1 N–H and O–H groups in total. The summed E-state index contributed by atoms with van der Waals surface area (Å²) in [7, 11) is 0. The zero-order valence-electron chi connectivity index (χ0n) is 11.8. The lowest BCUT2D eigenvalue weighted by atomic mass is 10.1. The maximum atomic E-state index is 13.5. The fourth-order valence-corrected chi connectivity index (χ4v) is 2.04. The van der Waals surface area contributed by atoms with Gasteiger partial charge in [-0.25, -0.2) is 14.4 Å². The van der Waals surface area contributed by atoms with Crippen LogP contribution in [0.5, 0.6) is 0 Å². The molecule has 0 saturated carbocycles. The SMILES string of the molecule is CCCNc1nc(C)c(C)nc1-c1cc(F)ccc1Cl. The van der Waals surface area contributed by atoms with Crippen molar-refractivity contribution in [2.24, 2.45) is 0 Å². The molecule has 1 aromatic heterocycles. The molecule has 0 saturated heterocycles. The lowest BCUT2D eigenvalue weighted by molar-refractivity contribution is 0.628. The van der Waals surface area contributed by atoms with Gasteiger partial charge >= 0.3 is 0 Å². The number of aryl methyl sites for hydroxylation is 2. The number of hydrogen-bond acceptors (Lipinski definition) is 3. The molecule has 0 radical (unpaired) electrons. The summed E-state index contributed by atoms with van der Waals surface area (Å²) in [4.78, 5) is 9.02. The number of nitrogens with zero attached hydrogens (tertiary/aromatic N) is 2. The Bertz CT molecular complexity index is 629. The van der Waals surface area contributed by atoms with E-state index in [1.807, 2.05) is 13.8 Å². The monoisotopic (exact) mass is 293 g/mol. The number of rotatable bonds is 4. The molecule has 0 unspecified atom stereocenters. The highest BCUT2D eigenvalue weighted by Crippen LogP contribution is 2.32. The minimum atomic E-state index is -0.342. The molecule has 0 aliphatic rings. The predicted molar refractivity (Wildman–Crippen MR) is 80.7 cm³/mol. The van der Waals surface area contributed by atoms with Gasteiger partial charge in [0.1, 0.15) is 11.5 Å². The smallest absolute Gasteiger partial charge is 0.152 e. The van der Waals surface area contributed by atoms with Crippen molar-refractivity contribution < 1.29 is 4.39 Å². The second kappa shape index (κ2) is 6.18. The Morgan fingerprint density at radius 3 is 2.60 bits per heavy atom. The first-order valence-electron chi connectivity index (χ1n) is 6.57. The van der Waals surface area contributed by atoms with Gasteiger partial charge in [-0.15, -0.1) is 0 Å². The van der Waals surface area contributed by atoms with Crippen LogP contribution >= 0.6 is 11.6 Å². The third-order valence-electron chi connectivity index (χ3n) is 3.03. The summed E-state index contributed by atoms with van der Waals surface area (Å²) in [6.07, 6.45) is 0.963. The molecule has 20 heavy (non-hydrogen) atoms. The first kappa shape index (κ1) is 14.7. The Labute approximate surface area is 123 Å². The topological polar surface area (TPSA) is 37.8 Å². The number of aromatic nitrogens is 2. The minimum absolute atomic E-state index is 0.342. The summed E-state index contributed by atoms with van der Waals surface area (Å²) in [5.74, 6) is 0.299. The quantitative estimate of drug-likeness (QED) is 0.909. The van der Waals surface area contributed by atoms with Crippen LogP contribution in [0.2, 0.25) is 5.02 Å². The first-order valence-corrected chi connectivity index (χ1v) is 6.95. The maximum absolute atomic E-state index is 13.5. The second-order valence-corrected chi connectivity index (χ2v) is 5.05. The molecule has 0 amide bonds. The van der Waals surface area contributed by atoms with Gasteiger partial charge in [-0.1, -0.05) is 18.5 Å². The van der Waals surface area contributed by atoms with Gasteiger partial charge < -0.3 is 5.32 Å². The number of hydrogen-bond donors (Lipinski definition) is 1. The van der Waals surface area contributed by atoms with E-state index in [1.165, 1.54) is 18.2 Å². The largest absolute Gasteiger partial charge is 0.368 e. The minimum Gasteiger partial charge on any atom is -0.368 e. The maximum Gasteiger partial charge on any atom is 0.152 e. The van der Waals surface area contributed by atoms with Crippen molar-refractivity contribution in [1.82, 2.24) is 9.97 Å². The fourth-order valence-electron chi connectivity index (χ4n) is 1.84. The molecule has 1 aromatic carbocycles. The molecule has 0 aliphatic carbocycles. The van der Waals surface area contributed by atoms with Crippen LogP contribution in [0.4, 0.5) is 10.2 Å². The molecule has 1 heterocycles. The second-order valence-electron chi connectivity index (χ2n) is 4.64. The Hall–Kier alpha value is -1.68. The van der Waals surface area contributed by atoms with Crippen LogP contribution < -0.4 is 5.32 Å². The molecule has 0 atom stereocenters. The van der Waals surface area contributed by atoms with E-state index in [0.717, 1.165) is 24.4 Å². The van der Waals surface area contributed by atoms with Gasteiger partial charge in [0.25, 0.3) is 0 Å². The van der Waals surface area contributed by atoms with Crippen LogP contribution in [-0.2, 0) is 0 Å². The Balaban J connectivity index is 2.58. The molecule has 0 spiro atoms. The van der Waals surface area contributed by atoms with E-state index in [1.54, 1.807) is 0 Å². The molecule has 3 nitrogen and oxygen atoms in total. The summed E-state index contributed by atoms with van der Waals surface area (Å²) in [5.41, 5.74) is 2.80. The van der Waals surface area contributed by atoms with Gasteiger partial charge in [-0.2, -0.15) is 0 Å². The molecule has 106 valence electrons. The van der Waals surface area contributed by atoms with Gasteiger partial charge in [-0.3, -0.25) is 0 Å². The molecule has 5 heteroatoms. The van der Waals surface area contributed by atoms with E-state index >= 15 is 0 Å². The molecule has 2 rings (SSSR count). The summed E-state index contributed by atoms with van der Waals surface area (Å²) in [6.45, 7) is 6.62. The summed E-state index contributed by atoms with van der Waals surface area (Å²) >= 11 is 6.17. The van der Waals surface area contributed by atoms with E-state index in [-0.39, 0.29) is 5.82 Å². The van der Waals surface area contributed by atoms with Crippen LogP contribution in [0.15, 0.2) is 18.2 Å². The van der Waals surface area contributed by atoms with E-state index in [0.29, 0.717) is 22.1 Å². The van der Waals surface area contributed by atoms with Crippen molar-refractivity contribution in [3.8, 4) is 11.3 Å². The molecular formula is C15H17ClFN3. The van der Waals surface area contributed by atoms with Crippen molar-refractivity contribution in [3.05, 3.63) is 40.4 Å². The van der Waals surface area contributed by atoms with Crippen LogP contribution in [0, 0.1) is 19.7 Å². The summed E-state index contributed by atoms with van der Waals surface area (Å²) in [6, 6.07) is 4.25. The third-order valence-corrected chi connectivity index (χ3v) is 3.36. The van der Waals surface area contributed by atoms with Crippen LogP contribution in [-0.4, -0.2) is 16.5 Å². The van der Waals surface area contributed by atoms with E-state index < -0.39 is 0 Å². The lowest BCUT2D eigenvalue weighted by Crippen LogP contribution is -2.08. The van der Waals surface area contributed by atoms with Crippen LogP contribution in [0.1, 0.15) is 24.7 Å². The van der Waals surface area contributed by atoms with Gasteiger partial charge in [0, 0.05) is 12.1 Å². The Kier molecular flexibility index (Phi) is 4.55. The number of nitrogens with one attached hydrogen (secondary N) is 1. The molecular weight excluding hydrogens is 277 g/mol. The van der Waals surface area contributed by atoms with Crippen LogP contribution in [0.25, 0.3) is 11.3 Å². The normalized spacial score (nSPS) is 10.7. The summed E-state index contributed by atoms with van der Waals surface area (Å²) < 4.78 is 13.5. The van der Waals surface area contributed by atoms with Crippen molar-refractivity contribution in [3.63, 3.8) is 0 Å². The molecule has 0 bridgehead atoms.